The van der Waals surface area contributed by atoms with Crippen molar-refractivity contribution in [2.75, 3.05) is 32.4 Å². The number of nitrogens with one attached hydrogen (secondary N) is 1. The van der Waals surface area contributed by atoms with Gasteiger partial charge in [0.1, 0.15) is 0 Å². The summed E-state index contributed by atoms with van der Waals surface area (Å²) in [6.45, 7) is 12.7. The standard InChI is InChI=1S/C15H30N2O2S/c1-14(2)13(15(14,3)4)10-16-9-12-7-6-8-17(11-12)20(5,18)19/h12-13,16H,6-11H2,1-5H3. The topological polar surface area (TPSA) is 49.4 Å². The molecule has 0 aromatic carbocycles. The van der Waals surface area contributed by atoms with Gasteiger partial charge in [-0.1, -0.05) is 27.7 Å². The molecule has 1 unspecified atom stereocenters. The number of nitrogens with zero attached hydrogens (tertiary/aromatic N) is 1. The minimum absolute atomic E-state index is 0.422. The highest BCUT2D eigenvalue weighted by Gasteiger charge is 2.63. The normalized spacial score (nSPS) is 30.4. The second-order valence-corrected chi connectivity index (χ2v) is 9.77. The van der Waals surface area contributed by atoms with E-state index in [4.69, 9.17) is 0 Å². The van der Waals surface area contributed by atoms with E-state index in [1.807, 2.05) is 0 Å². The predicted molar refractivity (Wildman–Crippen MR) is 83.1 cm³/mol. The lowest BCUT2D eigenvalue weighted by Crippen LogP contribution is -2.42. The van der Waals surface area contributed by atoms with Crippen LogP contribution in [0.5, 0.6) is 0 Å². The first-order chi connectivity index (χ1) is 9.07. The molecule has 1 aliphatic heterocycles. The lowest BCUT2D eigenvalue weighted by Gasteiger charge is -2.31. The molecule has 4 nitrogen and oxygen atoms in total. The summed E-state index contributed by atoms with van der Waals surface area (Å²) in [5.41, 5.74) is 0.844. The van der Waals surface area contributed by atoms with Crippen molar-refractivity contribution in [1.82, 2.24) is 9.62 Å². The first-order valence-corrected chi connectivity index (χ1v) is 9.57. The zero-order valence-corrected chi connectivity index (χ0v) is 14.4. The molecule has 2 aliphatic rings. The maximum Gasteiger partial charge on any atom is 0.211 e. The Bertz CT molecular complexity index is 442. The van der Waals surface area contributed by atoms with E-state index in [0.29, 0.717) is 29.8 Å². The average Bonchev–Trinajstić information content (AvgIpc) is 2.71. The highest BCUT2D eigenvalue weighted by Crippen LogP contribution is 2.67. The van der Waals surface area contributed by atoms with E-state index in [2.05, 4.69) is 33.0 Å². The van der Waals surface area contributed by atoms with Gasteiger partial charge in [0.2, 0.25) is 10.0 Å². The monoisotopic (exact) mass is 302 g/mol. The van der Waals surface area contributed by atoms with E-state index >= 15 is 0 Å². The Morgan fingerprint density at radius 3 is 2.25 bits per heavy atom. The third-order valence-corrected chi connectivity index (χ3v) is 7.32. The maximum absolute atomic E-state index is 11.6. The third-order valence-electron chi connectivity index (χ3n) is 6.05. The molecule has 20 heavy (non-hydrogen) atoms. The Kier molecular flexibility index (Phi) is 4.27. The minimum atomic E-state index is -3.02. The molecule has 2 rings (SSSR count). The lowest BCUT2D eigenvalue weighted by atomic mass is 9.99. The predicted octanol–water partition coefficient (Wildman–Crippen LogP) is 1.93. The molecule has 0 amide bonds. The van der Waals surface area contributed by atoms with Crippen molar-refractivity contribution < 1.29 is 8.42 Å². The van der Waals surface area contributed by atoms with Crippen LogP contribution >= 0.6 is 0 Å². The maximum atomic E-state index is 11.6. The molecule has 2 fully saturated rings. The van der Waals surface area contributed by atoms with Gasteiger partial charge in [0.05, 0.1) is 6.26 Å². The number of piperidine rings is 1. The van der Waals surface area contributed by atoms with Crippen LogP contribution in [-0.4, -0.2) is 45.2 Å². The van der Waals surface area contributed by atoms with Crippen LogP contribution in [0.25, 0.3) is 0 Å². The molecule has 1 N–H and O–H groups in total. The van der Waals surface area contributed by atoms with Crippen LogP contribution in [0.15, 0.2) is 0 Å². The van der Waals surface area contributed by atoms with Crippen molar-refractivity contribution in [1.29, 1.82) is 0 Å². The molecule has 1 saturated carbocycles. The summed E-state index contributed by atoms with van der Waals surface area (Å²) in [6, 6.07) is 0. The highest BCUT2D eigenvalue weighted by atomic mass is 32.2. The average molecular weight is 302 g/mol. The van der Waals surface area contributed by atoms with Gasteiger partial charge in [-0.05, 0) is 48.6 Å². The Labute approximate surface area is 124 Å². The van der Waals surface area contributed by atoms with Crippen molar-refractivity contribution in [2.45, 2.75) is 40.5 Å². The smallest absolute Gasteiger partial charge is 0.211 e. The van der Waals surface area contributed by atoms with Gasteiger partial charge in [0.15, 0.2) is 0 Å². The van der Waals surface area contributed by atoms with Gasteiger partial charge in [0, 0.05) is 13.1 Å². The first-order valence-electron chi connectivity index (χ1n) is 7.72. The van der Waals surface area contributed by atoms with Gasteiger partial charge in [-0.2, -0.15) is 0 Å². The number of hydrogen-bond donors (Lipinski definition) is 1. The molecule has 0 bridgehead atoms. The molecule has 0 aromatic rings. The Hall–Kier alpha value is -0.130. The lowest BCUT2D eigenvalue weighted by molar-refractivity contribution is 0.259. The summed E-state index contributed by atoms with van der Waals surface area (Å²) < 4.78 is 24.8. The fraction of sp³-hybridized carbons (Fsp3) is 1.00. The Balaban J connectivity index is 1.76. The Morgan fingerprint density at radius 1 is 1.15 bits per heavy atom. The van der Waals surface area contributed by atoms with Crippen molar-refractivity contribution in [3.63, 3.8) is 0 Å². The van der Waals surface area contributed by atoms with Crippen molar-refractivity contribution >= 4 is 10.0 Å². The fourth-order valence-electron chi connectivity index (χ4n) is 3.77. The number of sulfonamides is 1. The second kappa shape index (κ2) is 5.25. The van der Waals surface area contributed by atoms with E-state index < -0.39 is 10.0 Å². The van der Waals surface area contributed by atoms with E-state index in [0.717, 1.165) is 31.8 Å². The SMILES string of the molecule is CC1(C)C(CNCC2CCCN(S(C)(=O)=O)C2)C1(C)C. The summed E-state index contributed by atoms with van der Waals surface area (Å²) >= 11 is 0. The Morgan fingerprint density at radius 2 is 1.75 bits per heavy atom. The van der Waals surface area contributed by atoms with Gasteiger partial charge in [-0.3, -0.25) is 0 Å². The molecule has 0 radical (unpaired) electrons. The first kappa shape index (κ1) is 16.2. The van der Waals surface area contributed by atoms with Crippen molar-refractivity contribution in [2.24, 2.45) is 22.7 Å². The van der Waals surface area contributed by atoms with E-state index in [1.165, 1.54) is 6.26 Å². The number of rotatable bonds is 5. The number of hydrogen-bond acceptors (Lipinski definition) is 3. The summed E-state index contributed by atoms with van der Waals surface area (Å²) in [4.78, 5) is 0. The molecule has 1 saturated heterocycles. The van der Waals surface area contributed by atoms with Crippen LogP contribution in [0.3, 0.4) is 0 Å². The molecule has 118 valence electrons. The molecule has 0 spiro atoms. The van der Waals surface area contributed by atoms with Crippen LogP contribution < -0.4 is 5.32 Å². The summed E-state index contributed by atoms with van der Waals surface area (Å²) in [5.74, 6) is 1.19. The van der Waals surface area contributed by atoms with Crippen LogP contribution in [0.4, 0.5) is 0 Å². The molecule has 0 aromatic heterocycles. The van der Waals surface area contributed by atoms with Crippen molar-refractivity contribution in [3.8, 4) is 0 Å². The van der Waals surface area contributed by atoms with Gasteiger partial charge >= 0.3 is 0 Å². The van der Waals surface area contributed by atoms with E-state index in [1.54, 1.807) is 4.31 Å². The quantitative estimate of drug-likeness (QED) is 0.844. The summed E-state index contributed by atoms with van der Waals surface area (Å²) in [5, 5.41) is 3.58. The van der Waals surface area contributed by atoms with Crippen LogP contribution in [0, 0.1) is 22.7 Å². The minimum Gasteiger partial charge on any atom is -0.316 e. The zero-order valence-electron chi connectivity index (χ0n) is 13.6. The molecule has 1 heterocycles. The highest BCUT2D eigenvalue weighted by molar-refractivity contribution is 7.88. The molecular weight excluding hydrogens is 272 g/mol. The van der Waals surface area contributed by atoms with Gasteiger partial charge in [-0.15, -0.1) is 0 Å². The van der Waals surface area contributed by atoms with Gasteiger partial charge < -0.3 is 5.32 Å². The molecular formula is C15H30N2O2S. The van der Waals surface area contributed by atoms with Gasteiger partial charge in [-0.25, -0.2) is 12.7 Å². The van der Waals surface area contributed by atoms with Crippen LogP contribution in [0.2, 0.25) is 0 Å². The van der Waals surface area contributed by atoms with Crippen LogP contribution in [0.1, 0.15) is 40.5 Å². The molecule has 5 heteroatoms. The van der Waals surface area contributed by atoms with E-state index in [-0.39, 0.29) is 0 Å². The van der Waals surface area contributed by atoms with Gasteiger partial charge in [0.25, 0.3) is 0 Å². The van der Waals surface area contributed by atoms with Crippen molar-refractivity contribution in [3.05, 3.63) is 0 Å². The molecule has 1 aliphatic carbocycles. The second-order valence-electron chi connectivity index (χ2n) is 7.78. The summed E-state index contributed by atoms with van der Waals surface area (Å²) in [7, 11) is -3.02. The molecule has 1 atom stereocenters. The third kappa shape index (κ3) is 3.04. The largest absolute Gasteiger partial charge is 0.316 e. The summed E-state index contributed by atoms with van der Waals surface area (Å²) in [6.07, 6.45) is 3.44. The fourth-order valence-corrected chi connectivity index (χ4v) is 4.71. The van der Waals surface area contributed by atoms with E-state index in [9.17, 15) is 8.42 Å². The van der Waals surface area contributed by atoms with Crippen LogP contribution in [-0.2, 0) is 10.0 Å². The zero-order chi connectivity index (χ0) is 15.2.